The summed E-state index contributed by atoms with van der Waals surface area (Å²) < 4.78 is 0.345. The molecular formula is C17H16Cl2. The van der Waals surface area contributed by atoms with Crippen molar-refractivity contribution >= 4 is 28.8 Å². The number of hydrogen-bond acceptors (Lipinski definition) is 0. The first kappa shape index (κ1) is 14.2. The van der Waals surface area contributed by atoms with Gasteiger partial charge < -0.3 is 0 Å². The van der Waals surface area contributed by atoms with E-state index >= 15 is 0 Å². The summed E-state index contributed by atoms with van der Waals surface area (Å²) >= 11 is 12.2. The number of aryl methyl sites for hydroxylation is 2. The monoisotopic (exact) mass is 290 g/mol. The van der Waals surface area contributed by atoms with Crippen LogP contribution in [-0.2, 0) is 6.42 Å². The van der Waals surface area contributed by atoms with Crippen molar-refractivity contribution in [3.05, 3.63) is 75.3 Å². The van der Waals surface area contributed by atoms with Gasteiger partial charge in [-0.15, -0.1) is 0 Å². The minimum atomic E-state index is 0.345. The maximum Gasteiger partial charge on any atom is 0.110 e. The van der Waals surface area contributed by atoms with Crippen molar-refractivity contribution in [2.24, 2.45) is 0 Å². The third-order valence-corrected chi connectivity index (χ3v) is 3.63. The maximum atomic E-state index is 6.10. The molecule has 0 unspecified atom stereocenters. The first-order valence-electron chi connectivity index (χ1n) is 6.23. The van der Waals surface area contributed by atoms with Gasteiger partial charge in [-0.3, -0.25) is 0 Å². The summed E-state index contributed by atoms with van der Waals surface area (Å²) in [5, 5.41) is 0. The Morgan fingerprint density at radius 3 is 2.26 bits per heavy atom. The van der Waals surface area contributed by atoms with Crippen molar-refractivity contribution in [2.45, 2.75) is 20.3 Å². The van der Waals surface area contributed by atoms with Crippen LogP contribution in [0.15, 0.2) is 53.0 Å². The molecule has 2 aromatic carbocycles. The average molecular weight is 291 g/mol. The lowest BCUT2D eigenvalue weighted by Gasteiger charge is -2.12. The van der Waals surface area contributed by atoms with Crippen molar-refractivity contribution in [1.29, 1.82) is 0 Å². The predicted molar refractivity (Wildman–Crippen MR) is 84.7 cm³/mol. The van der Waals surface area contributed by atoms with Crippen molar-refractivity contribution in [2.75, 3.05) is 0 Å². The predicted octanol–water partition coefficient (Wildman–Crippen LogP) is 5.69. The van der Waals surface area contributed by atoms with E-state index in [9.17, 15) is 0 Å². The van der Waals surface area contributed by atoms with E-state index in [0.717, 1.165) is 17.6 Å². The van der Waals surface area contributed by atoms with Crippen LogP contribution in [0.1, 0.15) is 22.3 Å². The minimum Gasteiger partial charge on any atom is -0.0705 e. The Morgan fingerprint density at radius 1 is 0.947 bits per heavy atom. The van der Waals surface area contributed by atoms with Crippen LogP contribution in [0, 0.1) is 13.8 Å². The molecule has 0 N–H and O–H groups in total. The molecule has 0 aromatic heterocycles. The zero-order chi connectivity index (χ0) is 13.8. The van der Waals surface area contributed by atoms with Crippen LogP contribution < -0.4 is 0 Å². The summed E-state index contributed by atoms with van der Waals surface area (Å²) in [5.41, 5.74) is 5.72. The highest BCUT2D eigenvalue weighted by atomic mass is 35.5. The van der Waals surface area contributed by atoms with Gasteiger partial charge in [-0.2, -0.15) is 0 Å². The number of hydrogen-bond donors (Lipinski definition) is 0. The highest BCUT2D eigenvalue weighted by Gasteiger charge is 2.10. The SMILES string of the molecule is Cc1ccc(C)c(C(Cc2ccccc2)=C(Cl)Cl)c1. The van der Waals surface area contributed by atoms with Crippen molar-refractivity contribution in [3.63, 3.8) is 0 Å². The topological polar surface area (TPSA) is 0 Å². The standard InChI is InChI=1S/C17H16Cl2/c1-12-8-9-13(2)15(10-12)16(17(18)19)11-14-6-4-3-5-7-14/h3-10H,11H2,1-2H3. The van der Waals surface area contributed by atoms with E-state index < -0.39 is 0 Å². The molecule has 2 heteroatoms. The summed E-state index contributed by atoms with van der Waals surface area (Å²) in [7, 11) is 0. The molecule has 2 rings (SSSR count). The van der Waals surface area contributed by atoms with Gasteiger partial charge in [0.2, 0.25) is 0 Å². The summed E-state index contributed by atoms with van der Waals surface area (Å²) in [5.74, 6) is 0. The summed E-state index contributed by atoms with van der Waals surface area (Å²) in [4.78, 5) is 0. The molecule has 0 heterocycles. The molecule has 2 aromatic rings. The van der Waals surface area contributed by atoms with Gasteiger partial charge >= 0.3 is 0 Å². The van der Waals surface area contributed by atoms with Crippen LogP contribution in [0.2, 0.25) is 0 Å². The molecule has 0 saturated carbocycles. The lowest BCUT2D eigenvalue weighted by molar-refractivity contribution is 1.25. The molecule has 0 aliphatic heterocycles. The molecule has 0 amide bonds. The van der Waals surface area contributed by atoms with Crippen molar-refractivity contribution in [3.8, 4) is 0 Å². The number of rotatable bonds is 3. The molecule has 0 radical (unpaired) electrons. The van der Waals surface area contributed by atoms with Crippen LogP contribution in [-0.4, -0.2) is 0 Å². The normalized spacial score (nSPS) is 10.3. The van der Waals surface area contributed by atoms with E-state index in [2.05, 4.69) is 44.2 Å². The second-order valence-corrected chi connectivity index (χ2v) is 5.67. The highest BCUT2D eigenvalue weighted by molar-refractivity contribution is 6.58. The molecule has 0 atom stereocenters. The van der Waals surface area contributed by atoms with Crippen LogP contribution in [0.4, 0.5) is 0 Å². The van der Waals surface area contributed by atoms with Crippen LogP contribution >= 0.6 is 23.2 Å². The van der Waals surface area contributed by atoms with Crippen molar-refractivity contribution in [1.82, 2.24) is 0 Å². The third kappa shape index (κ3) is 3.62. The smallest absolute Gasteiger partial charge is 0.0705 e. The Morgan fingerprint density at radius 2 is 1.63 bits per heavy atom. The first-order chi connectivity index (χ1) is 9.08. The van der Waals surface area contributed by atoms with E-state index in [-0.39, 0.29) is 0 Å². The molecule has 0 aliphatic rings. The zero-order valence-electron chi connectivity index (χ0n) is 11.1. The van der Waals surface area contributed by atoms with Gasteiger partial charge in [0.05, 0.1) is 0 Å². The Bertz CT molecular complexity index is 594. The molecular weight excluding hydrogens is 275 g/mol. The zero-order valence-corrected chi connectivity index (χ0v) is 12.6. The lowest BCUT2D eigenvalue weighted by atomic mass is 9.94. The van der Waals surface area contributed by atoms with Crippen LogP contribution in [0.25, 0.3) is 5.57 Å². The third-order valence-electron chi connectivity index (χ3n) is 3.17. The molecule has 0 aliphatic carbocycles. The number of halogens is 2. The van der Waals surface area contributed by atoms with Gasteiger partial charge in [0.25, 0.3) is 0 Å². The summed E-state index contributed by atoms with van der Waals surface area (Å²) in [6.45, 7) is 4.15. The van der Waals surface area contributed by atoms with E-state index in [0.29, 0.717) is 4.49 Å². The fourth-order valence-electron chi connectivity index (χ4n) is 2.12. The summed E-state index contributed by atoms with van der Waals surface area (Å²) in [6.07, 6.45) is 0.744. The van der Waals surface area contributed by atoms with E-state index in [1.165, 1.54) is 16.7 Å². The van der Waals surface area contributed by atoms with Gasteiger partial charge in [-0.1, -0.05) is 77.3 Å². The number of benzene rings is 2. The molecule has 98 valence electrons. The Kier molecular flexibility index (Phi) is 4.68. The van der Waals surface area contributed by atoms with Crippen molar-refractivity contribution < 1.29 is 0 Å². The van der Waals surface area contributed by atoms with Crippen LogP contribution in [0.3, 0.4) is 0 Å². The van der Waals surface area contributed by atoms with Gasteiger partial charge in [0, 0.05) is 6.42 Å². The van der Waals surface area contributed by atoms with Gasteiger partial charge in [0.15, 0.2) is 0 Å². The quantitative estimate of drug-likeness (QED) is 0.681. The molecule has 0 spiro atoms. The first-order valence-corrected chi connectivity index (χ1v) is 6.99. The van der Waals surface area contributed by atoms with Gasteiger partial charge in [-0.25, -0.2) is 0 Å². The summed E-state index contributed by atoms with van der Waals surface area (Å²) in [6, 6.07) is 16.6. The largest absolute Gasteiger partial charge is 0.110 e. The molecule has 0 saturated heterocycles. The minimum absolute atomic E-state index is 0.345. The molecule has 0 fully saturated rings. The van der Waals surface area contributed by atoms with E-state index in [4.69, 9.17) is 23.2 Å². The Hall–Kier alpha value is -1.24. The number of allylic oxidation sites excluding steroid dienone is 1. The fraction of sp³-hybridized carbons (Fsp3) is 0.176. The van der Waals surface area contributed by atoms with E-state index in [1.54, 1.807) is 0 Å². The molecule has 19 heavy (non-hydrogen) atoms. The second kappa shape index (κ2) is 6.27. The Balaban J connectivity index is 2.42. The molecule has 0 nitrogen and oxygen atoms in total. The molecule has 0 bridgehead atoms. The average Bonchev–Trinajstić information content (AvgIpc) is 2.40. The maximum absolute atomic E-state index is 6.10. The van der Waals surface area contributed by atoms with Gasteiger partial charge in [0.1, 0.15) is 4.49 Å². The van der Waals surface area contributed by atoms with Crippen LogP contribution in [0.5, 0.6) is 0 Å². The van der Waals surface area contributed by atoms with Gasteiger partial charge in [-0.05, 0) is 36.1 Å². The lowest BCUT2D eigenvalue weighted by Crippen LogP contribution is -1.95. The second-order valence-electron chi connectivity index (χ2n) is 4.72. The Labute approximate surface area is 124 Å². The fourth-order valence-corrected chi connectivity index (χ4v) is 2.46. The highest BCUT2D eigenvalue weighted by Crippen LogP contribution is 2.30. The van der Waals surface area contributed by atoms with E-state index in [1.807, 2.05) is 18.2 Å².